The molecule has 1 nitrogen and oxygen atoms in total. The molecule has 0 saturated heterocycles. The average molecular weight is 161 g/mol. The molecule has 2 heteroatoms. The van der Waals surface area contributed by atoms with Crippen molar-refractivity contribution in [3.8, 4) is 0 Å². The Labute approximate surface area is 76.7 Å². The number of hydrogen-bond donors (Lipinski definition) is 0. The van der Waals surface area contributed by atoms with Gasteiger partial charge in [-0.3, -0.25) is 4.99 Å². The Balaban J connectivity index is 4.29. The van der Waals surface area contributed by atoms with Crippen LogP contribution in [0.2, 0.25) is 0 Å². The summed E-state index contributed by atoms with van der Waals surface area (Å²) in [6.07, 6.45) is 3.64. The molecule has 0 aromatic rings. The minimum absolute atomic E-state index is 0.196. The van der Waals surface area contributed by atoms with Crippen molar-refractivity contribution in [1.82, 2.24) is 0 Å². The molecule has 0 heterocycles. The summed E-state index contributed by atoms with van der Waals surface area (Å²) in [6, 6.07) is 0. The van der Waals surface area contributed by atoms with E-state index in [9.17, 15) is 0 Å². The third-order valence-electron chi connectivity index (χ3n) is 1.75. The maximum Gasteiger partial charge on any atom is 0.140 e. The lowest BCUT2D eigenvalue weighted by Gasteiger charge is -2.18. The molecule has 0 unspecified atom stereocenters. The largest absolute Gasteiger partial charge is 0.273 e. The lowest BCUT2D eigenvalue weighted by atomic mass is 9.87. The van der Waals surface area contributed by atoms with Crippen LogP contribution < -0.4 is 0 Å². The van der Waals surface area contributed by atoms with Crippen LogP contribution in [0.5, 0.6) is 0 Å². The van der Waals surface area contributed by atoms with E-state index in [-0.39, 0.29) is 5.41 Å². The molecule has 0 rings (SSSR count). The molecule has 0 fully saturated rings. The van der Waals surface area contributed by atoms with Gasteiger partial charge in [-0.15, -0.1) is 0 Å². The van der Waals surface area contributed by atoms with Crippen LogP contribution in [0.15, 0.2) is 28.8 Å². The summed E-state index contributed by atoms with van der Waals surface area (Å²) in [5, 5.41) is 0. The van der Waals surface area contributed by atoms with Crippen LogP contribution in [0.1, 0.15) is 27.7 Å². The zero-order chi connectivity index (χ0) is 9.78. The van der Waals surface area contributed by atoms with Gasteiger partial charge in [-0.1, -0.05) is 32.9 Å². The molecule has 0 amide bonds. The van der Waals surface area contributed by atoms with Crippen molar-refractivity contribution in [3.05, 3.63) is 23.8 Å². The molecule has 0 saturated carbocycles. The Morgan fingerprint density at radius 1 is 1.42 bits per heavy atom. The molecule has 64 valence electrons. The smallest absolute Gasteiger partial charge is 0.140 e. The van der Waals surface area contributed by atoms with Crippen LogP contribution in [0, 0.1) is 5.41 Å². The molecule has 0 aliphatic carbocycles. The summed E-state index contributed by atoms with van der Waals surface area (Å²) in [4.78, 5) is 3.86. The van der Waals surface area contributed by atoms with Crippen molar-refractivity contribution in [2.75, 3.05) is 0 Å². The van der Waals surface area contributed by atoms with Crippen LogP contribution >= 0.6 is 0 Å². The molecule has 12 heavy (non-hydrogen) atoms. The van der Waals surface area contributed by atoms with Gasteiger partial charge in [-0.05, 0) is 24.0 Å². The van der Waals surface area contributed by atoms with Crippen molar-refractivity contribution in [2.45, 2.75) is 27.7 Å². The van der Waals surface area contributed by atoms with E-state index in [1.807, 2.05) is 6.08 Å². The van der Waals surface area contributed by atoms with Gasteiger partial charge in [-0.25, -0.2) is 0 Å². The second-order valence-corrected chi connectivity index (χ2v) is 3.87. The Morgan fingerprint density at radius 3 is 2.25 bits per heavy atom. The first-order valence-electron chi connectivity index (χ1n) is 4.00. The molecular formula is C10H16BN. The highest BCUT2D eigenvalue weighted by Crippen LogP contribution is 2.23. The van der Waals surface area contributed by atoms with E-state index in [1.165, 1.54) is 5.57 Å². The zero-order valence-corrected chi connectivity index (χ0v) is 8.39. The number of rotatable bonds is 2. The molecule has 0 aromatic carbocycles. The average Bonchev–Trinajstić information content (AvgIpc) is 1.84. The predicted octanol–water partition coefficient (Wildman–Crippen LogP) is 2.69. The molecule has 0 bridgehead atoms. The maximum absolute atomic E-state index is 5.27. The van der Waals surface area contributed by atoms with Gasteiger partial charge in [-0.2, -0.15) is 0 Å². The lowest BCUT2D eigenvalue weighted by molar-refractivity contribution is 0.505. The number of allylic oxidation sites excluding steroid dienone is 2. The molecular weight excluding hydrogens is 145 g/mol. The van der Waals surface area contributed by atoms with E-state index in [0.29, 0.717) is 5.60 Å². The fourth-order valence-electron chi connectivity index (χ4n) is 0.495. The van der Waals surface area contributed by atoms with E-state index in [4.69, 9.17) is 7.85 Å². The molecule has 0 spiro atoms. The topological polar surface area (TPSA) is 12.4 Å². The van der Waals surface area contributed by atoms with E-state index in [2.05, 4.69) is 39.3 Å². The minimum Gasteiger partial charge on any atom is -0.273 e. The Bertz CT molecular complexity index is 218. The van der Waals surface area contributed by atoms with E-state index in [1.54, 1.807) is 6.21 Å². The summed E-state index contributed by atoms with van der Waals surface area (Å²) in [7, 11) is 5.27. The standard InChI is InChI=1S/C10H16BN/c1-8(10(3,4)5)6-7-12-9(2)11/h6-7H,2H2,1,3-5H3/b8-6+,12-7?. The first kappa shape index (κ1) is 11.2. The van der Waals surface area contributed by atoms with Crippen LogP contribution in [-0.2, 0) is 0 Å². The normalized spacial score (nSPS) is 13.8. The van der Waals surface area contributed by atoms with Gasteiger partial charge in [0.15, 0.2) is 0 Å². The number of hydrogen-bond acceptors (Lipinski definition) is 1. The molecule has 0 aliphatic heterocycles. The molecule has 2 radical (unpaired) electrons. The fourth-order valence-corrected chi connectivity index (χ4v) is 0.495. The highest BCUT2D eigenvalue weighted by molar-refractivity contribution is 6.21. The molecule has 0 N–H and O–H groups in total. The number of nitrogens with zero attached hydrogens (tertiary/aromatic N) is 1. The third-order valence-corrected chi connectivity index (χ3v) is 1.75. The summed E-state index contributed by atoms with van der Waals surface area (Å²) in [6.45, 7) is 12.0. The summed E-state index contributed by atoms with van der Waals surface area (Å²) >= 11 is 0. The first-order valence-corrected chi connectivity index (χ1v) is 4.00. The summed E-state index contributed by atoms with van der Waals surface area (Å²) < 4.78 is 0. The molecule has 0 atom stereocenters. The second-order valence-electron chi connectivity index (χ2n) is 3.87. The highest BCUT2D eigenvalue weighted by Gasteiger charge is 2.10. The summed E-state index contributed by atoms with van der Waals surface area (Å²) in [5.41, 5.74) is 1.81. The Morgan fingerprint density at radius 2 is 1.92 bits per heavy atom. The third kappa shape index (κ3) is 4.94. The fraction of sp³-hybridized carbons (Fsp3) is 0.500. The van der Waals surface area contributed by atoms with Crippen LogP contribution in [0.3, 0.4) is 0 Å². The van der Waals surface area contributed by atoms with Gasteiger partial charge in [0, 0.05) is 6.21 Å². The van der Waals surface area contributed by atoms with Gasteiger partial charge < -0.3 is 0 Å². The van der Waals surface area contributed by atoms with Crippen molar-refractivity contribution in [1.29, 1.82) is 0 Å². The van der Waals surface area contributed by atoms with Gasteiger partial charge in [0.1, 0.15) is 7.85 Å². The molecule has 0 aliphatic rings. The Kier molecular flexibility index (Phi) is 4.01. The van der Waals surface area contributed by atoms with E-state index in [0.717, 1.165) is 0 Å². The monoisotopic (exact) mass is 161 g/mol. The van der Waals surface area contributed by atoms with Crippen molar-refractivity contribution in [2.24, 2.45) is 10.4 Å². The second kappa shape index (κ2) is 4.29. The van der Waals surface area contributed by atoms with Crippen molar-refractivity contribution >= 4 is 14.1 Å². The SMILES string of the molecule is [B]C(=C)N=C/C=C(\C)C(C)(C)C. The molecule has 0 aromatic heterocycles. The Hall–Kier alpha value is -0.785. The predicted molar refractivity (Wildman–Crippen MR) is 56.6 cm³/mol. The van der Waals surface area contributed by atoms with Crippen molar-refractivity contribution in [3.63, 3.8) is 0 Å². The minimum atomic E-state index is 0.196. The van der Waals surface area contributed by atoms with Crippen molar-refractivity contribution < 1.29 is 0 Å². The zero-order valence-electron chi connectivity index (χ0n) is 8.39. The van der Waals surface area contributed by atoms with E-state index >= 15 is 0 Å². The lowest BCUT2D eigenvalue weighted by Crippen LogP contribution is -2.06. The van der Waals surface area contributed by atoms with Crippen LogP contribution in [-0.4, -0.2) is 14.1 Å². The first-order chi connectivity index (χ1) is 5.34. The van der Waals surface area contributed by atoms with Crippen LogP contribution in [0.25, 0.3) is 0 Å². The quantitative estimate of drug-likeness (QED) is 0.436. The highest BCUT2D eigenvalue weighted by atomic mass is 14.7. The summed E-state index contributed by atoms with van der Waals surface area (Å²) in [5.74, 6) is 0. The van der Waals surface area contributed by atoms with Gasteiger partial charge in [0.2, 0.25) is 0 Å². The van der Waals surface area contributed by atoms with Crippen LogP contribution in [0.4, 0.5) is 0 Å². The van der Waals surface area contributed by atoms with E-state index < -0.39 is 0 Å². The van der Waals surface area contributed by atoms with Gasteiger partial charge in [0.05, 0.1) is 0 Å². The van der Waals surface area contributed by atoms with Gasteiger partial charge in [0.25, 0.3) is 0 Å². The maximum atomic E-state index is 5.27. The van der Waals surface area contributed by atoms with Gasteiger partial charge >= 0.3 is 0 Å². The number of aliphatic imine (C=N–C) groups is 1.